The Labute approximate surface area is 158 Å². The molecule has 0 aliphatic carbocycles. The number of benzene rings is 1. The van der Waals surface area contributed by atoms with E-state index in [2.05, 4.69) is 10.6 Å². The fourth-order valence-electron chi connectivity index (χ4n) is 1.89. The van der Waals surface area contributed by atoms with Crippen LogP contribution in [0.25, 0.3) is 0 Å². The van der Waals surface area contributed by atoms with Crippen LogP contribution < -0.4 is 16.4 Å². The molecule has 2 amide bonds. The number of carbonyl (C=O) groups excluding carboxylic acids is 2. The van der Waals surface area contributed by atoms with Gasteiger partial charge in [-0.15, -0.1) is 11.8 Å². The molecule has 8 heteroatoms. The molecule has 0 bridgehead atoms. The van der Waals surface area contributed by atoms with Gasteiger partial charge in [-0.05, 0) is 43.2 Å². The molecule has 25 heavy (non-hydrogen) atoms. The first-order chi connectivity index (χ1) is 11.9. The molecule has 0 saturated carbocycles. The number of anilines is 1. The summed E-state index contributed by atoms with van der Waals surface area (Å²) in [6.45, 7) is 3.99. The monoisotopic (exact) mass is 387 g/mol. The first kappa shape index (κ1) is 21.4. The number of amides is 2. The molecule has 1 aromatic carbocycles. The van der Waals surface area contributed by atoms with Crippen molar-refractivity contribution in [2.24, 2.45) is 0 Å². The molecule has 1 aromatic rings. The zero-order valence-electron chi connectivity index (χ0n) is 14.6. The molecule has 1 rings (SSSR count). The maximum absolute atomic E-state index is 11.9. The SMILES string of the molecule is CCCCOC(=O)NC(C)C(=O)NCSCCc1ccc(N)cc1Cl. The second-order valence-electron chi connectivity index (χ2n) is 5.55. The predicted molar refractivity (Wildman–Crippen MR) is 104 cm³/mol. The third-order valence-electron chi connectivity index (χ3n) is 3.40. The zero-order valence-corrected chi connectivity index (χ0v) is 16.2. The van der Waals surface area contributed by atoms with Crippen LogP contribution >= 0.6 is 23.4 Å². The Morgan fingerprint density at radius 1 is 1.40 bits per heavy atom. The Balaban J connectivity index is 2.18. The Morgan fingerprint density at radius 2 is 2.16 bits per heavy atom. The molecule has 0 heterocycles. The number of aryl methyl sites for hydroxylation is 1. The van der Waals surface area contributed by atoms with Crippen LogP contribution in [0.3, 0.4) is 0 Å². The zero-order chi connectivity index (χ0) is 18.7. The lowest BCUT2D eigenvalue weighted by molar-refractivity contribution is -0.122. The van der Waals surface area contributed by atoms with Crippen LogP contribution in [0.2, 0.25) is 5.02 Å². The Kier molecular flexibility index (Phi) is 10.2. The number of carbonyl (C=O) groups is 2. The second kappa shape index (κ2) is 11.9. The molecule has 1 atom stereocenters. The van der Waals surface area contributed by atoms with Gasteiger partial charge in [-0.2, -0.15) is 0 Å². The minimum Gasteiger partial charge on any atom is -0.450 e. The minimum atomic E-state index is -0.638. The number of halogens is 1. The molecular formula is C17H26ClN3O3S. The van der Waals surface area contributed by atoms with E-state index in [1.54, 1.807) is 24.8 Å². The second-order valence-corrected chi connectivity index (χ2v) is 7.06. The lowest BCUT2D eigenvalue weighted by atomic mass is 10.1. The van der Waals surface area contributed by atoms with Gasteiger partial charge in [0.05, 0.1) is 12.5 Å². The molecule has 1 unspecified atom stereocenters. The van der Waals surface area contributed by atoms with Crippen LogP contribution in [-0.2, 0) is 16.0 Å². The molecule has 0 saturated heterocycles. The largest absolute Gasteiger partial charge is 0.450 e. The average Bonchev–Trinajstić information content (AvgIpc) is 2.56. The van der Waals surface area contributed by atoms with Crippen molar-refractivity contribution in [2.75, 3.05) is 24.0 Å². The number of nitrogens with two attached hydrogens (primary N) is 1. The summed E-state index contributed by atoms with van der Waals surface area (Å²) < 4.78 is 4.96. The van der Waals surface area contributed by atoms with E-state index < -0.39 is 12.1 Å². The summed E-state index contributed by atoms with van der Waals surface area (Å²) in [5, 5.41) is 5.93. The normalized spacial score (nSPS) is 11.6. The van der Waals surface area contributed by atoms with Crippen molar-refractivity contribution >= 4 is 41.1 Å². The van der Waals surface area contributed by atoms with Gasteiger partial charge in [-0.1, -0.05) is 31.0 Å². The molecule has 0 spiro atoms. The highest BCUT2D eigenvalue weighted by molar-refractivity contribution is 7.99. The summed E-state index contributed by atoms with van der Waals surface area (Å²) in [4.78, 5) is 23.4. The van der Waals surface area contributed by atoms with E-state index in [4.69, 9.17) is 22.1 Å². The van der Waals surface area contributed by atoms with Crippen molar-refractivity contribution < 1.29 is 14.3 Å². The van der Waals surface area contributed by atoms with E-state index in [-0.39, 0.29) is 5.91 Å². The molecule has 0 fully saturated rings. The number of nitrogen functional groups attached to an aromatic ring is 1. The standard InChI is InChI=1S/C17H26ClN3O3S/c1-3-4-8-24-17(23)21-12(2)16(22)20-11-25-9-7-13-5-6-14(19)10-15(13)18/h5-6,10,12H,3-4,7-9,11,19H2,1-2H3,(H,20,22)(H,21,23). The van der Waals surface area contributed by atoms with E-state index in [9.17, 15) is 9.59 Å². The van der Waals surface area contributed by atoms with E-state index in [0.717, 1.165) is 30.6 Å². The van der Waals surface area contributed by atoms with E-state index in [0.29, 0.717) is 23.2 Å². The number of alkyl carbamates (subject to hydrolysis) is 1. The van der Waals surface area contributed by atoms with Gasteiger partial charge >= 0.3 is 6.09 Å². The van der Waals surface area contributed by atoms with Gasteiger partial charge in [0.2, 0.25) is 5.91 Å². The molecule has 0 aliphatic heterocycles. The predicted octanol–water partition coefficient (Wildman–Crippen LogP) is 3.19. The number of rotatable bonds is 10. The number of thioether (sulfide) groups is 1. The molecule has 0 aromatic heterocycles. The van der Waals surface area contributed by atoms with Crippen molar-refractivity contribution in [3.8, 4) is 0 Å². The minimum absolute atomic E-state index is 0.245. The fourth-order valence-corrected chi connectivity index (χ4v) is 2.93. The summed E-state index contributed by atoms with van der Waals surface area (Å²) in [5.74, 6) is 1.03. The lowest BCUT2D eigenvalue weighted by Crippen LogP contribution is -2.45. The Hall–Kier alpha value is -1.60. The van der Waals surface area contributed by atoms with Crippen molar-refractivity contribution in [1.82, 2.24) is 10.6 Å². The highest BCUT2D eigenvalue weighted by Crippen LogP contribution is 2.20. The topological polar surface area (TPSA) is 93.4 Å². The number of nitrogens with one attached hydrogen (secondary N) is 2. The summed E-state index contributed by atoms with van der Waals surface area (Å²) in [6.07, 6.45) is 1.98. The number of hydrogen-bond donors (Lipinski definition) is 3. The quantitative estimate of drug-likeness (QED) is 0.325. The van der Waals surface area contributed by atoms with E-state index in [1.165, 1.54) is 0 Å². The summed E-state index contributed by atoms with van der Waals surface area (Å²) in [6, 6.07) is 4.82. The van der Waals surface area contributed by atoms with Crippen LogP contribution in [0.1, 0.15) is 32.3 Å². The third kappa shape index (κ3) is 8.88. The number of hydrogen-bond acceptors (Lipinski definition) is 5. The van der Waals surface area contributed by atoms with E-state index in [1.807, 2.05) is 19.1 Å². The van der Waals surface area contributed by atoms with Crippen LogP contribution in [-0.4, -0.2) is 36.3 Å². The molecule has 140 valence electrons. The highest BCUT2D eigenvalue weighted by Gasteiger charge is 2.15. The molecular weight excluding hydrogens is 362 g/mol. The summed E-state index contributed by atoms with van der Waals surface area (Å²) in [7, 11) is 0. The van der Waals surface area contributed by atoms with Crippen molar-refractivity contribution in [2.45, 2.75) is 39.2 Å². The summed E-state index contributed by atoms with van der Waals surface area (Å²) in [5.41, 5.74) is 7.33. The number of unbranched alkanes of at least 4 members (excludes halogenated alkanes) is 1. The average molecular weight is 388 g/mol. The molecule has 4 N–H and O–H groups in total. The van der Waals surface area contributed by atoms with Crippen LogP contribution in [0.5, 0.6) is 0 Å². The van der Waals surface area contributed by atoms with Gasteiger partial charge in [0.25, 0.3) is 0 Å². The van der Waals surface area contributed by atoms with Crippen LogP contribution in [0.4, 0.5) is 10.5 Å². The molecule has 0 aliphatic rings. The van der Waals surface area contributed by atoms with Gasteiger partial charge in [0, 0.05) is 10.7 Å². The first-order valence-electron chi connectivity index (χ1n) is 8.26. The smallest absolute Gasteiger partial charge is 0.407 e. The fraction of sp³-hybridized carbons (Fsp3) is 0.529. The Morgan fingerprint density at radius 3 is 2.84 bits per heavy atom. The third-order valence-corrected chi connectivity index (χ3v) is 4.59. The van der Waals surface area contributed by atoms with Crippen molar-refractivity contribution in [1.29, 1.82) is 0 Å². The summed E-state index contributed by atoms with van der Waals surface area (Å²) >= 11 is 7.69. The maximum atomic E-state index is 11.9. The van der Waals surface area contributed by atoms with Crippen molar-refractivity contribution in [3.05, 3.63) is 28.8 Å². The van der Waals surface area contributed by atoms with Crippen molar-refractivity contribution in [3.63, 3.8) is 0 Å². The van der Waals surface area contributed by atoms with Crippen LogP contribution in [0.15, 0.2) is 18.2 Å². The van der Waals surface area contributed by atoms with Gasteiger partial charge in [-0.25, -0.2) is 4.79 Å². The highest BCUT2D eigenvalue weighted by atomic mass is 35.5. The first-order valence-corrected chi connectivity index (χ1v) is 9.80. The molecule has 6 nitrogen and oxygen atoms in total. The lowest BCUT2D eigenvalue weighted by Gasteiger charge is -2.14. The van der Waals surface area contributed by atoms with E-state index >= 15 is 0 Å². The van der Waals surface area contributed by atoms with Gasteiger partial charge < -0.3 is 21.1 Å². The Bertz CT molecular complexity index is 572. The van der Waals surface area contributed by atoms with Gasteiger partial charge in [0.1, 0.15) is 6.04 Å². The van der Waals surface area contributed by atoms with Gasteiger partial charge in [-0.3, -0.25) is 4.79 Å². The van der Waals surface area contributed by atoms with Crippen LogP contribution in [0, 0.1) is 0 Å². The molecule has 0 radical (unpaired) electrons. The number of ether oxygens (including phenoxy) is 1. The van der Waals surface area contributed by atoms with Gasteiger partial charge in [0.15, 0.2) is 0 Å². The maximum Gasteiger partial charge on any atom is 0.407 e.